The molecule has 0 radical (unpaired) electrons. The summed E-state index contributed by atoms with van der Waals surface area (Å²) in [7, 11) is 0. The van der Waals surface area contributed by atoms with E-state index in [-0.39, 0.29) is 6.54 Å². The Kier molecular flexibility index (Phi) is 4.62. The molecule has 2 heterocycles. The Bertz CT molecular complexity index is 908. The summed E-state index contributed by atoms with van der Waals surface area (Å²) >= 11 is 3.38. The third-order valence-corrected chi connectivity index (χ3v) is 4.86. The monoisotopic (exact) mass is 419 g/mol. The first-order chi connectivity index (χ1) is 12.2. The number of rotatable bonds is 4. The molecular weight excluding hydrogens is 402 g/mol. The fourth-order valence-electron chi connectivity index (χ4n) is 2.77. The lowest BCUT2D eigenvalue weighted by molar-refractivity contribution is -0.134. The van der Waals surface area contributed by atoms with E-state index in [1.807, 2.05) is 19.1 Å². The summed E-state index contributed by atoms with van der Waals surface area (Å²) in [5, 5.41) is 5.30. The van der Waals surface area contributed by atoms with Gasteiger partial charge in [-0.1, -0.05) is 6.07 Å². The third-order valence-electron chi connectivity index (χ3n) is 4.21. The normalized spacial score (nSPS) is 19.6. The Labute approximate surface area is 158 Å². The van der Waals surface area contributed by atoms with E-state index in [0.717, 1.165) is 14.9 Å². The largest absolute Gasteiger partial charge is 0.463 e. The fourth-order valence-corrected chi connectivity index (χ4v) is 3.36. The Morgan fingerprint density at radius 2 is 2.00 bits per heavy atom. The maximum Gasteiger partial charge on any atom is 0.325 e. The van der Waals surface area contributed by atoms with Crippen LogP contribution in [0, 0.1) is 13.8 Å². The minimum absolute atomic E-state index is 0.331. The average molecular weight is 420 g/mol. The summed E-state index contributed by atoms with van der Waals surface area (Å²) in [6.07, 6.45) is 0. The van der Waals surface area contributed by atoms with Gasteiger partial charge in [0.15, 0.2) is 5.54 Å². The molecule has 26 heavy (non-hydrogen) atoms. The van der Waals surface area contributed by atoms with E-state index in [9.17, 15) is 14.4 Å². The van der Waals surface area contributed by atoms with Crippen LogP contribution in [0.3, 0.4) is 0 Å². The number of anilines is 1. The van der Waals surface area contributed by atoms with Crippen molar-refractivity contribution < 1.29 is 18.8 Å². The van der Waals surface area contributed by atoms with Crippen LogP contribution in [-0.2, 0) is 15.1 Å². The van der Waals surface area contributed by atoms with Crippen molar-refractivity contribution in [2.75, 3.05) is 11.9 Å². The quantitative estimate of drug-likeness (QED) is 0.744. The molecular formula is C18H18BrN3O4. The van der Waals surface area contributed by atoms with Crippen molar-refractivity contribution in [3.8, 4) is 0 Å². The van der Waals surface area contributed by atoms with Crippen LogP contribution < -0.4 is 10.6 Å². The van der Waals surface area contributed by atoms with Crippen LogP contribution in [0.25, 0.3) is 0 Å². The van der Waals surface area contributed by atoms with Gasteiger partial charge >= 0.3 is 6.03 Å². The zero-order chi connectivity index (χ0) is 19.1. The van der Waals surface area contributed by atoms with Gasteiger partial charge in [0.25, 0.3) is 5.91 Å². The lowest BCUT2D eigenvalue weighted by Gasteiger charge is -2.19. The molecule has 0 saturated carbocycles. The van der Waals surface area contributed by atoms with Gasteiger partial charge in [0.2, 0.25) is 5.91 Å². The number of carbonyl (C=O) groups excluding carboxylic acids is 3. The molecule has 1 aromatic carbocycles. The van der Waals surface area contributed by atoms with Crippen molar-refractivity contribution >= 4 is 39.5 Å². The molecule has 0 bridgehead atoms. The highest BCUT2D eigenvalue weighted by Gasteiger charge is 2.51. The van der Waals surface area contributed by atoms with Crippen molar-refractivity contribution in [1.29, 1.82) is 0 Å². The van der Waals surface area contributed by atoms with Crippen LogP contribution in [0.5, 0.6) is 0 Å². The first-order valence-electron chi connectivity index (χ1n) is 7.98. The minimum Gasteiger partial charge on any atom is -0.463 e. The topological polar surface area (TPSA) is 91.7 Å². The van der Waals surface area contributed by atoms with Gasteiger partial charge in [-0.15, -0.1) is 0 Å². The zero-order valence-electron chi connectivity index (χ0n) is 14.6. The number of nitrogens with zero attached hydrogens (tertiary/aromatic N) is 1. The molecule has 1 aromatic heterocycles. The van der Waals surface area contributed by atoms with E-state index in [1.165, 1.54) is 0 Å². The summed E-state index contributed by atoms with van der Waals surface area (Å²) in [6, 6.07) is 8.18. The number of amides is 4. The van der Waals surface area contributed by atoms with Crippen LogP contribution in [-0.4, -0.2) is 29.3 Å². The van der Waals surface area contributed by atoms with Gasteiger partial charge in [-0.05, 0) is 66.5 Å². The second-order valence-electron chi connectivity index (χ2n) is 6.39. The summed E-state index contributed by atoms with van der Waals surface area (Å²) in [4.78, 5) is 38.2. The van der Waals surface area contributed by atoms with Crippen LogP contribution in [0.15, 0.2) is 39.2 Å². The highest BCUT2D eigenvalue weighted by Crippen LogP contribution is 2.30. The standard InChI is InChI=1S/C18H18BrN3O4/c1-10-4-6-13(12(19)8-10)20-15(23)9-22-16(24)18(3,21-17(22)25)14-7-5-11(2)26-14/h4-8H,9H2,1-3H3,(H,20,23)(H,21,25). The summed E-state index contributed by atoms with van der Waals surface area (Å²) in [5.41, 5.74) is 0.279. The molecule has 3 rings (SSSR count). The SMILES string of the molecule is Cc1ccc(NC(=O)CN2C(=O)NC(C)(c3ccc(C)o3)C2=O)c(Br)c1. The van der Waals surface area contributed by atoms with E-state index in [2.05, 4.69) is 26.6 Å². The van der Waals surface area contributed by atoms with Crippen molar-refractivity contribution in [2.24, 2.45) is 0 Å². The first-order valence-corrected chi connectivity index (χ1v) is 8.77. The first kappa shape index (κ1) is 18.2. The van der Waals surface area contributed by atoms with Crippen molar-refractivity contribution in [3.63, 3.8) is 0 Å². The predicted octanol–water partition coefficient (Wildman–Crippen LogP) is 3.06. The van der Waals surface area contributed by atoms with Crippen molar-refractivity contribution in [1.82, 2.24) is 10.2 Å². The molecule has 8 heteroatoms. The van der Waals surface area contributed by atoms with E-state index < -0.39 is 23.4 Å². The molecule has 7 nitrogen and oxygen atoms in total. The van der Waals surface area contributed by atoms with Gasteiger partial charge in [-0.3, -0.25) is 14.5 Å². The van der Waals surface area contributed by atoms with E-state index >= 15 is 0 Å². The van der Waals surface area contributed by atoms with Crippen LogP contribution in [0.1, 0.15) is 24.0 Å². The zero-order valence-corrected chi connectivity index (χ0v) is 16.1. The van der Waals surface area contributed by atoms with Crippen molar-refractivity contribution in [3.05, 3.63) is 51.9 Å². The Morgan fingerprint density at radius 3 is 2.62 bits per heavy atom. The number of benzene rings is 1. The molecule has 1 unspecified atom stereocenters. The van der Waals surface area contributed by atoms with Gasteiger partial charge in [0, 0.05) is 4.47 Å². The number of nitrogens with one attached hydrogen (secondary N) is 2. The van der Waals surface area contributed by atoms with Gasteiger partial charge in [-0.2, -0.15) is 0 Å². The molecule has 4 amide bonds. The van der Waals surface area contributed by atoms with E-state index in [4.69, 9.17) is 4.42 Å². The maximum absolute atomic E-state index is 12.7. The Morgan fingerprint density at radius 1 is 1.27 bits per heavy atom. The number of imide groups is 1. The second kappa shape index (κ2) is 6.60. The Hall–Kier alpha value is -2.61. The Balaban J connectivity index is 1.74. The van der Waals surface area contributed by atoms with Crippen molar-refractivity contribution in [2.45, 2.75) is 26.3 Å². The summed E-state index contributed by atoms with van der Waals surface area (Å²) in [5.74, 6) is -0.0471. The number of urea groups is 1. The smallest absolute Gasteiger partial charge is 0.325 e. The van der Waals surface area contributed by atoms with Gasteiger partial charge < -0.3 is 15.1 Å². The molecule has 1 saturated heterocycles. The molecule has 1 aliphatic rings. The highest BCUT2D eigenvalue weighted by atomic mass is 79.9. The van der Waals surface area contributed by atoms with Crippen LogP contribution >= 0.6 is 15.9 Å². The van der Waals surface area contributed by atoms with Crippen LogP contribution in [0.2, 0.25) is 0 Å². The number of hydrogen-bond donors (Lipinski definition) is 2. The number of hydrogen-bond acceptors (Lipinski definition) is 4. The summed E-state index contributed by atoms with van der Waals surface area (Å²) in [6.45, 7) is 4.85. The van der Waals surface area contributed by atoms with E-state index in [1.54, 1.807) is 32.0 Å². The number of halogens is 1. The second-order valence-corrected chi connectivity index (χ2v) is 7.24. The minimum atomic E-state index is -1.32. The van der Waals surface area contributed by atoms with Gasteiger partial charge in [0.05, 0.1) is 5.69 Å². The van der Waals surface area contributed by atoms with E-state index in [0.29, 0.717) is 17.2 Å². The molecule has 0 spiro atoms. The maximum atomic E-state index is 12.7. The lowest BCUT2D eigenvalue weighted by atomic mass is 9.99. The number of carbonyl (C=O) groups is 3. The fraction of sp³-hybridized carbons (Fsp3) is 0.278. The van der Waals surface area contributed by atoms with Gasteiger partial charge in [0.1, 0.15) is 18.1 Å². The molecule has 2 aromatic rings. The average Bonchev–Trinajstić information content (AvgIpc) is 3.09. The molecule has 1 atom stereocenters. The molecule has 1 aliphatic heterocycles. The predicted molar refractivity (Wildman–Crippen MR) is 98.6 cm³/mol. The molecule has 1 fully saturated rings. The molecule has 2 N–H and O–H groups in total. The molecule has 0 aliphatic carbocycles. The molecule has 136 valence electrons. The highest BCUT2D eigenvalue weighted by molar-refractivity contribution is 9.10. The number of aryl methyl sites for hydroxylation is 2. The lowest BCUT2D eigenvalue weighted by Crippen LogP contribution is -2.41. The number of furan rings is 1. The van der Waals surface area contributed by atoms with Crippen LogP contribution in [0.4, 0.5) is 10.5 Å². The van der Waals surface area contributed by atoms with Gasteiger partial charge in [-0.25, -0.2) is 4.79 Å². The summed E-state index contributed by atoms with van der Waals surface area (Å²) < 4.78 is 6.22. The third kappa shape index (κ3) is 3.24.